The number of carbonyl (C=O) groups is 1. The van der Waals surface area contributed by atoms with Gasteiger partial charge in [0.05, 0.1) is 6.20 Å². The molecule has 0 unspecified atom stereocenters. The van der Waals surface area contributed by atoms with Crippen molar-refractivity contribution in [1.29, 1.82) is 0 Å². The molecule has 0 N–H and O–H groups in total. The molecule has 0 atom stereocenters. The highest BCUT2D eigenvalue weighted by molar-refractivity contribution is 5.92. The zero-order valence-electron chi connectivity index (χ0n) is 15.0. The number of hydrogen-bond acceptors (Lipinski definition) is 6. The van der Waals surface area contributed by atoms with Gasteiger partial charge in [-0.2, -0.15) is 0 Å². The molecule has 8 heteroatoms. The maximum atomic E-state index is 13.4. The Morgan fingerprint density at radius 3 is 2.61 bits per heavy atom. The van der Waals surface area contributed by atoms with Gasteiger partial charge in [0, 0.05) is 49.9 Å². The molecule has 1 aromatic carbocycles. The first kappa shape index (κ1) is 18.0. The fraction of sp³-hybridized carbons (Fsp3) is 0.250. The van der Waals surface area contributed by atoms with Crippen LogP contribution in [0, 0.1) is 5.82 Å². The van der Waals surface area contributed by atoms with E-state index in [2.05, 4.69) is 19.9 Å². The van der Waals surface area contributed by atoms with Crippen molar-refractivity contribution in [3.05, 3.63) is 72.5 Å². The van der Waals surface area contributed by atoms with Gasteiger partial charge in [-0.05, 0) is 25.0 Å². The van der Waals surface area contributed by atoms with E-state index >= 15 is 0 Å². The van der Waals surface area contributed by atoms with Crippen molar-refractivity contribution >= 4 is 5.91 Å². The quantitative estimate of drug-likeness (QED) is 0.692. The third-order valence-electron chi connectivity index (χ3n) is 4.65. The van der Waals surface area contributed by atoms with Crippen LogP contribution in [0.1, 0.15) is 34.9 Å². The molecule has 0 saturated carbocycles. The molecule has 3 heterocycles. The van der Waals surface area contributed by atoms with Gasteiger partial charge in [-0.15, -0.1) is 0 Å². The predicted molar refractivity (Wildman–Crippen MR) is 98.4 cm³/mol. The first-order valence-electron chi connectivity index (χ1n) is 9.00. The van der Waals surface area contributed by atoms with E-state index in [1.165, 1.54) is 30.7 Å². The van der Waals surface area contributed by atoms with Gasteiger partial charge in [0.15, 0.2) is 0 Å². The molecule has 0 bridgehead atoms. The second-order valence-corrected chi connectivity index (χ2v) is 6.46. The Labute approximate surface area is 161 Å². The number of ether oxygens (including phenoxy) is 1. The van der Waals surface area contributed by atoms with Crippen LogP contribution in [0.25, 0.3) is 0 Å². The molecule has 1 aliphatic rings. The van der Waals surface area contributed by atoms with Crippen molar-refractivity contribution in [2.75, 3.05) is 13.1 Å². The van der Waals surface area contributed by atoms with Gasteiger partial charge in [0.1, 0.15) is 23.0 Å². The number of rotatable bonds is 4. The lowest BCUT2D eigenvalue weighted by atomic mass is 9.93. The SMILES string of the molecule is O=C(c1cnccn1)N1CCC(c2nccnc2Oc2cccc(F)c2)CC1. The highest BCUT2D eigenvalue weighted by atomic mass is 19.1. The molecule has 0 radical (unpaired) electrons. The zero-order valence-corrected chi connectivity index (χ0v) is 15.0. The summed E-state index contributed by atoms with van der Waals surface area (Å²) in [6.45, 7) is 1.16. The molecule has 4 rings (SSSR count). The largest absolute Gasteiger partial charge is 0.437 e. The topological polar surface area (TPSA) is 81.1 Å². The highest BCUT2D eigenvalue weighted by Crippen LogP contribution is 2.33. The van der Waals surface area contributed by atoms with Gasteiger partial charge in [0.25, 0.3) is 5.91 Å². The van der Waals surface area contributed by atoms with E-state index in [1.54, 1.807) is 29.4 Å². The molecular formula is C20H18FN5O2. The molecule has 7 nitrogen and oxygen atoms in total. The zero-order chi connectivity index (χ0) is 19.3. The number of likely N-dealkylation sites (tertiary alicyclic amines) is 1. The molecule has 1 saturated heterocycles. The molecule has 28 heavy (non-hydrogen) atoms. The number of amides is 1. The Morgan fingerprint density at radius 2 is 1.86 bits per heavy atom. The summed E-state index contributed by atoms with van der Waals surface area (Å²) in [7, 11) is 0. The van der Waals surface area contributed by atoms with Gasteiger partial charge in [-0.25, -0.2) is 14.4 Å². The first-order chi connectivity index (χ1) is 13.7. The molecular weight excluding hydrogens is 361 g/mol. The second kappa shape index (κ2) is 8.08. The Balaban J connectivity index is 1.46. The normalized spacial score (nSPS) is 14.7. The molecule has 0 spiro atoms. The summed E-state index contributed by atoms with van der Waals surface area (Å²) in [6.07, 6.45) is 9.14. The molecule has 0 aliphatic carbocycles. The van der Waals surface area contributed by atoms with Crippen molar-refractivity contribution in [3.8, 4) is 11.6 Å². The fourth-order valence-corrected chi connectivity index (χ4v) is 3.26. The third kappa shape index (κ3) is 3.95. The minimum atomic E-state index is -0.376. The van der Waals surface area contributed by atoms with Gasteiger partial charge in [-0.1, -0.05) is 6.07 Å². The van der Waals surface area contributed by atoms with Gasteiger partial charge < -0.3 is 9.64 Å². The number of piperidine rings is 1. The number of nitrogens with zero attached hydrogens (tertiary/aromatic N) is 5. The molecule has 1 aliphatic heterocycles. The van der Waals surface area contributed by atoms with Crippen LogP contribution in [0.15, 0.2) is 55.2 Å². The average Bonchev–Trinajstić information content (AvgIpc) is 2.74. The van der Waals surface area contributed by atoms with Crippen LogP contribution in [0.2, 0.25) is 0 Å². The van der Waals surface area contributed by atoms with E-state index in [-0.39, 0.29) is 17.6 Å². The number of aromatic nitrogens is 4. The van der Waals surface area contributed by atoms with Crippen LogP contribution in [0.4, 0.5) is 4.39 Å². The van der Waals surface area contributed by atoms with E-state index in [4.69, 9.17) is 4.74 Å². The number of benzene rings is 1. The standard InChI is InChI=1S/C20H18FN5O2/c21-15-2-1-3-16(12-15)28-19-18(24-8-9-25-19)14-4-10-26(11-5-14)20(27)17-13-22-6-7-23-17/h1-3,6-9,12-14H,4-5,10-11H2. The first-order valence-corrected chi connectivity index (χ1v) is 9.00. The van der Waals surface area contributed by atoms with Crippen LogP contribution in [0.5, 0.6) is 11.6 Å². The van der Waals surface area contributed by atoms with Crippen molar-refractivity contribution in [2.24, 2.45) is 0 Å². The second-order valence-electron chi connectivity index (χ2n) is 6.46. The lowest BCUT2D eigenvalue weighted by molar-refractivity contribution is 0.0705. The molecule has 3 aromatic rings. The van der Waals surface area contributed by atoms with Crippen molar-refractivity contribution in [1.82, 2.24) is 24.8 Å². The highest BCUT2D eigenvalue weighted by Gasteiger charge is 2.28. The van der Waals surface area contributed by atoms with Crippen LogP contribution < -0.4 is 4.74 Å². The number of carbonyl (C=O) groups excluding carboxylic acids is 1. The third-order valence-corrected chi connectivity index (χ3v) is 4.65. The molecule has 1 fully saturated rings. The number of halogens is 1. The van der Waals surface area contributed by atoms with Crippen LogP contribution >= 0.6 is 0 Å². The van der Waals surface area contributed by atoms with E-state index in [9.17, 15) is 9.18 Å². The summed E-state index contributed by atoms with van der Waals surface area (Å²) in [4.78, 5) is 31.0. The van der Waals surface area contributed by atoms with Crippen molar-refractivity contribution < 1.29 is 13.9 Å². The van der Waals surface area contributed by atoms with Crippen molar-refractivity contribution in [2.45, 2.75) is 18.8 Å². The summed E-state index contributed by atoms with van der Waals surface area (Å²) < 4.78 is 19.2. The number of hydrogen-bond donors (Lipinski definition) is 0. The molecule has 2 aromatic heterocycles. The summed E-state index contributed by atoms with van der Waals surface area (Å²) in [5.74, 6) is 0.340. The van der Waals surface area contributed by atoms with Crippen LogP contribution in [0.3, 0.4) is 0 Å². The summed E-state index contributed by atoms with van der Waals surface area (Å²) >= 11 is 0. The maximum absolute atomic E-state index is 13.4. The molecule has 142 valence electrons. The average molecular weight is 379 g/mol. The summed E-state index contributed by atoms with van der Waals surface area (Å²) in [6, 6.07) is 5.91. The predicted octanol–water partition coefficient (Wildman–Crippen LogP) is 3.22. The Hall–Kier alpha value is -3.42. The smallest absolute Gasteiger partial charge is 0.274 e. The van der Waals surface area contributed by atoms with Crippen molar-refractivity contribution in [3.63, 3.8) is 0 Å². The minimum Gasteiger partial charge on any atom is -0.437 e. The Kier molecular flexibility index (Phi) is 5.18. The van der Waals surface area contributed by atoms with Crippen LogP contribution in [-0.4, -0.2) is 43.8 Å². The van der Waals surface area contributed by atoms with Crippen LogP contribution in [-0.2, 0) is 0 Å². The summed E-state index contributed by atoms with van der Waals surface area (Å²) in [5, 5.41) is 0. The van der Waals surface area contributed by atoms with Gasteiger partial charge >= 0.3 is 0 Å². The van der Waals surface area contributed by atoms with Gasteiger partial charge in [0.2, 0.25) is 5.88 Å². The van der Waals surface area contributed by atoms with E-state index in [0.717, 1.165) is 18.5 Å². The fourth-order valence-electron chi connectivity index (χ4n) is 3.26. The maximum Gasteiger partial charge on any atom is 0.274 e. The summed E-state index contributed by atoms with van der Waals surface area (Å²) in [5.41, 5.74) is 1.06. The van der Waals surface area contributed by atoms with E-state index in [1.807, 2.05) is 0 Å². The lowest BCUT2D eigenvalue weighted by Gasteiger charge is -2.31. The monoisotopic (exact) mass is 379 g/mol. The Morgan fingerprint density at radius 1 is 1.07 bits per heavy atom. The Bertz CT molecular complexity index is 962. The van der Waals surface area contributed by atoms with E-state index < -0.39 is 0 Å². The molecule has 1 amide bonds. The minimum absolute atomic E-state index is 0.100. The van der Waals surface area contributed by atoms with E-state index in [0.29, 0.717) is 30.4 Å². The lowest BCUT2D eigenvalue weighted by Crippen LogP contribution is -2.38. The van der Waals surface area contributed by atoms with Gasteiger partial charge in [-0.3, -0.25) is 14.8 Å².